The Bertz CT molecular complexity index is 599. The summed E-state index contributed by atoms with van der Waals surface area (Å²) in [5, 5.41) is 0.195. The average molecular weight is 288 g/mol. The van der Waals surface area contributed by atoms with Gasteiger partial charge in [0.2, 0.25) is 0 Å². The Balaban J connectivity index is 2.54. The standard InChI is InChI=1S/C13H9ClF3NO/c14-12-9(5-3-6-10(12)18)8-4-1-2-7-11(8)19-13(15,16)17/h1-7H,18H2. The van der Waals surface area contributed by atoms with Crippen LogP contribution in [0.4, 0.5) is 18.9 Å². The molecular formula is C13H9ClF3NO. The van der Waals surface area contributed by atoms with Crippen LogP contribution in [0.1, 0.15) is 0 Å². The van der Waals surface area contributed by atoms with Crippen molar-refractivity contribution < 1.29 is 17.9 Å². The average Bonchev–Trinajstić information content (AvgIpc) is 2.32. The van der Waals surface area contributed by atoms with E-state index in [9.17, 15) is 13.2 Å². The molecule has 0 fully saturated rings. The number of hydrogen-bond donors (Lipinski definition) is 1. The van der Waals surface area contributed by atoms with Crippen molar-refractivity contribution in [3.05, 3.63) is 47.5 Å². The predicted molar refractivity (Wildman–Crippen MR) is 68.0 cm³/mol. The van der Waals surface area contributed by atoms with E-state index in [2.05, 4.69) is 4.74 Å². The van der Waals surface area contributed by atoms with E-state index in [-0.39, 0.29) is 16.3 Å². The molecule has 6 heteroatoms. The highest BCUT2D eigenvalue weighted by Gasteiger charge is 2.32. The molecule has 0 saturated heterocycles. The Labute approximate surface area is 112 Å². The third-order valence-electron chi connectivity index (χ3n) is 2.43. The third-order valence-corrected chi connectivity index (χ3v) is 2.85. The molecule has 0 saturated carbocycles. The van der Waals surface area contributed by atoms with Crippen LogP contribution in [-0.4, -0.2) is 6.36 Å². The zero-order valence-corrected chi connectivity index (χ0v) is 10.3. The van der Waals surface area contributed by atoms with Crippen LogP contribution in [0.3, 0.4) is 0 Å². The van der Waals surface area contributed by atoms with Gasteiger partial charge in [0.05, 0.1) is 10.7 Å². The van der Waals surface area contributed by atoms with Gasteiger partial charge in [-0.25, -0.2) is 0 Å². The second-order valence-corrected chi connectivity index (χ2v) is 4.13. The largest absolute Gasteiger partial charge is 0.573 e. The van der Waals surface area contributed by atoms with Gasteiger partial charge in [-0.1, -0.05) is 41.9 Å². The highest BCUT2D eigenvalue weighted by Crippen LogP contribution is 2.39. The number of para-hydroxylation sites is 1. The van der Waals surface area contributed by atoms with Gasteiger partial charge in [-0.05, 0) is 12.1 Å². The van der Waals surface area contributed by atoms with Crippen molar-refractivity contribution in [2.45, 2.75) is 6.36 Å². The lowest BCUT2D eigenvalue weighted by molar-refractivity contribution is -0.274. The Morgan fingerprint density at radius 1 is 0.947 bits per heavy atom. The monoisotopic (exact) mass is 287 g/mol. The van der Waals surface area contributed by atoms with Crippen LogP contribution in [0.15, 0.2) is 42.5 Å². The van der Waals surface area contributed by atoms with Gasteiger partial charge in [-0.15, -0.1) is 13.2 Å². The van der Waals surface area contributed by atoms with Gasteiger partial charge in [-0.2, -0.15) is 0 Å². The quantitative estimate of drug-likeness (QED) is 0.826. The third kappa shape index (κ3) is 3.12. The molecule has 2 aromatic rings. The maximum Gasteiger partial charge on any atom is 0.573 e. The van der Waals surface area contributed by atoms with E-state index in [4.69, 9.17) is 17.3 Å². The molecule has 0 amide bonds. The van der Waals surface area contributed by atoms with E-state index < -0.39 is 6.36 Å². The summed E-state index contributed by atoms with van der Waals surface area (Å²) in [4.78, 5) is 0. The molecule has 0 bridgehead atoms. The van der Waals surface area contributed by atoms with Crippen molar-refractivity contribution in [3.8, 4) is 16.9 Å². The van der Waals surface area contributed by atoms with Crippen LogP contribution in [0.2, 0.25) is 5.02 Å². The first-order valence-corrected chi connectivity index (χ1v) is 5.65. The molecule has 2 rings (SSSR count). The van der Waals surface area contributed by atoms with Crippen LogP contribution < -0.4 is 10.5 Å². The van der Waals surface area contributed by atoms with Crippen molar-refractivity contribution in [2.24, 2.45) is 0 Å². The molecule has 0 heterocycles. The molecule has 0 aromatic heterocycles. The van der Waals surface area contributed by atoms with E-state index in [1.165, 1.54) is 18.2 Å². The Kier molecular flexibility index (Phi) is 3.57. The fourth-order valence-corrected chi connectivity index (χ4v) is 1.89. The summed E-state index contributed by atoms with van der Waals surface area (Å²) in [6, 6.07) is 10.5. The van der Waals surface area contributed by atoms with Crippen molar-refractivity contribution in [1.29, 1.82) is 0 Å². The van der Waals surface area contributed by atoms with Crippen molar-refractivity contribution >= 4 is 17.3 Å². The number of anilines is 1. The van der Waals surface area contributed by atoms with E-state index in [0.717, 1.165) is 0 Å². The van der Waals surface area contributed by atoms with Gasteiger partial charge in [0, 0.05) is 11.1 Å². The zero-order chi connectivity index (χ0) is 14.0. The molecule has 0 aliphatic heterocycles. The molecule has 19 heavy (non-hydrogen) atoms. The first-order valence-electron chi connectivity index (χ1n) is 5.27. The molecule has 2 N–H and O–H groups in total. The molecule has 2 aromatic carbocycles. The van der Waals surface area contributed by atoms with Crippen LogP contribution in [0, 0.1) is 0 Å². The number of benzene rings is 2. The number of nitrogens with two attached hydrogens (primary N) is 1. The van der Waals surface area contributed by atoms with Gasteiger partial charge in [0.25, 0.3) is 0 Å². The fraction of sp³-hybridized carbons (Fsp3) is 0.0769. The maximum absolute atomic E-state index is 12.3. The number of halogens is 4. The molecule has 0 atom stereocenters. The highest BCUT2D eigenvalue weighted by molar-refractivity contribution is 6.35. The summed E-state index contributed by atoms with van der Waals surface area (Å²) in [5.74, 6) is -0.317. The summed E-state index contributed by atoms with van der Waals surface area (Å²) in [5.41, 5.74) is 6.56. The van der Waals surface area contributed by atoms with Crippen molar-refractivity contribution in [1.82, 2.24) is 0 Å². The zero-order valence-electron chi connectivity index (χ0n) is 9.54. The molecular weight excluding hydrogens is 279 g/mol. The van der Waals surface area contributed by atoms with Crippen molar-refractivity contribution in [3.63, 3.8) is 0 Å². The summed E-state index contributed by atoms with van der Waals surface area (Å²) in [6.07, 6.45) is -4.76. The van der Waals surface area contributed by atoms with Gasteiger partial charge >= 0.3 is 6.36 Å². The van der Waals surface area contributed by atoms with E-state index in [1.54, 1.807) is 24.3 Å². The summed E-state index contributed by atoms with van der Waals surface area (Å²) in [6.45, 7) is 0. The van der Waals surface area contributed by atoms with Crippen molar-refractivity contribution in [2.75, 3.05) is 5.73 Å². The lowest BCUT2D eigenvalue weighted by Gasteiger charge is -2.14. The van der Waals surface area contributed by atoms with E-state index in [0.29, 0.717) is 11.3 Å². The number of alkyl halides is 3. The normalized spacial score (nSPS) is 11.4. The van der Waals surface area contributed by atoms with Gasteiger partial charge in [0.1, 0.15) is 5.75 Å². The summed E-state index contributed by atoms with van der Waals surface area (Å²) < 4.78 is 41.0. The number of rotatable bonds is 2. The summed E-state index contributed by atoms with van der Waals surface area (Å²) >= 11 is 6.01. The minimum Gasteiger partial charge on any atom is -0.405 e. The molecule has 0 aliphatic rings. The minimum absolute atomic E-state index is 0.195. The van der Waals surface area contributed by atoms with Crippen LogP contribution >= 0.6 is 11.6 Å². The molecule has 0 unspecified atom stereocenters. The van der Waals surface area contributed by atoms with Crippen LogP contribution in [0.25, 0.3) is 11.1 Å². The Morgan fingerprint density at radius 2 is 1.58 bits per heavy atom. The topological polar surface area (TPSA) is 35.2 Å². The first kappa shape index (κ1) is 13.5. The number of ether oxygens (including phenoxy) is 1. The smallest absolute Gasteiger partial charge is 0.405 e. The fourth-order valence-electron chi connectivity index (χ4n) is 1.66. The Hall–Kier alpha value is -1.88. The van der Waals surface area contributed by atoms with Gasteiger partial charge < -0.3 is 10.5 Å². The van der Waals surface area contributed by atoms with Crippen LogP contribution in [-0.2, 0) is 0 Å². The molecule has 100 valence electrons. The second kappa shape index (κ2) is 5.01. The van der Waals surface area contributed by atoms with E-state index >= 15 is 0 Å². The number of hydrogen-bond acceptors (Lipinski definition) is 2. The maximum atomic E-state index is 12.3. The van der Waals surface area contributed by atoms with Gasteiger partial charge in [0.15, 0.2) is 0 Å². The highest BCUT2D eigenvalue weighted by atomic mass is 35.5. The molecule has 2 nitrogen and oxygen atoms in total. The second-order valence-electron chi connectivity index (χ2n) is 3.75. The van der Waals surface area contributed by atoms with E-state index in [1.807, 2.05) is 0 Å². The predicted octanol–water partition coefficient (Wildman–Crippen LogP) is 4.49. The minimum atomic E-state index is -4.76. The molecule has 0 aliphatic carbocycles. The Morgan fingerprint density at radius 3 is 2.26 bits per heavy atom. The van der Waals surface area contributed by atoms with Gasteiger partial charge in [-0.3, -0.25) is 0 Å². The summed E-state index contributed by atoms with van der Waals surface area (Å²) in [7, 11) is 0. The molecule has 0 spiro atoms. The number of nitrogen functional groups attached to an aromatic ring is 1. The first-order chi connectivity index (χ1) is 8.88. The lowest BCUT2D eigenvalue weighted by atomic mass is 10.0. The lowest BCUT2D eigenvalue weighted by Crippen LogP contribution is -2.17. The SMILES string of the molecule is Nc1cccc(-c2ccccc2OC(F)(F)F)c1Cl. The molecule has 0 radical (unpaired) electrons. The van der Waals surface area contributed by atoms with Crippen LogP contribution in [0.5, 0.6) is 5.75 Å².